The Bertz CT molecular complexity index is 470. The van der Waals surface area contributed by atoms with Crippen molar-refractivity contribution in [2.24, 2.45) is 5.18 Å². The van der Waals surface area contributed by atoms with Crippen molar-refractivity contribution in [1.82, 2.24) is 0 Å². The van der Waals surface area contributed by atoms with Gasteiger partial charge in [-0.15, -0.1) is 4.91 Å². The maximum atomic E-state index is 11.3. The summed E-state index contributed by atoms with van der Waals surface area (Å²) in [5.74, 6) is -1.58. The number of hydrogen-bond acceptors (Lipinski definition) is 5. The second kappa shape index (κ2) is 6.00. The number of esters is 1. The minimum Gasteiger partial charge on any atom is -0.505 e. The number of nitrogens with zero attached hydrogens (tertiary/aromatic N) is 1. The molecule has 1 aromatic rings. The third-order valence-electron chi connectivity index (χ3n) is 1.91. The summed E-state index contributed by atoms with van der Waals surface area (Å²) in [6, 6.07) is 6.23. The number of benzene rings is 1. The predicted molar refractivity (Wildman–Crippen MR) is 63.4 cm³/mol. The van der Waals surface area contributed by atoms with Crippen LogP contribution in [0.3, 0.4) is 0 Å². The average molecular weight is 256 g/mol. The van der Waals surface area contributed by atoms with E-state index in [2.05, 4.69) is 9.91 Å². The quantitative estimate of drug-likeness (QED) is 0.388. The van der Waals surface area contributed by atoms with E-state index in [1.807, 2.05) is 0 Å². The van der Waals surface area contributed by atoms with Gasteiger partial charge in [0.05, 0.1) is 11.6 Å². The molecule has 5 nitrogen and oxygen atoms in total. The molecule has 6 heteroatoms. The van der Waals surface area contributed by atoms with Crippen molar-refractivity contribution in [2.75, 3.05) is 6.61 Å². The fourth-order valence-electron chi connectivity index (χ4n) is 1.16. The second-order valence-electron chi connectivity index (χ2n) is 2.99. The van der Waals surface area contributed by atoms with E-state index in [-0.39, 0.29) is 17.2 Å². The number of aliphatic hydroxyl groups excluding tert-OH is 1. The van der Waals surface area contributed by atoms with Gasteiger partial charge in [-0.2, -0.15) is 0 Å². The van der Waals surface area contributed by atoms with Crippen LogP contribution in [0, 0.1) is 4.91 Å². The third kappa shape index (κ3) is 3.04. The summed E-state index contributed by atoms with van der Waals surface area (Å²) in [5.41, 5.74) is -0.545. The largest absolute Gasteiger partial charge is 0.505 e. The monoisotopic (exact) mass is 255 g/mol. The first-order valence-electron chi connectivity index (χ1n) is 4.80. The van der Waals surface area contributed by atoms with E-state index in [1.165, 1.54) is 12.1 Å². The van der Waals surface area contributed by atoms with E-state index in [4.69, 9.17) is 11.6 Å². The summed E-state index contributed by atoms with van der Waals surface area (Å²) in [6.07, 6.45) is 0. The Morgan fingerprint density at radius 3 is 2.65 bits per heavy atom. The smallest absolute Gasteiger partial charge is 0.364 e. The zero-order chi connectivity index (χ0) is 12.8. The number of nitroso groups, excluding NO2 is 1. The first-order valence-corrected chi connectivity index (χ1v) is 5.18. The molecule has 17 heavy (non-hydrogen) atoms. The molecule has 0 aliphatic heterocycles. The topological polar surface area (TPSA) is 76.0 Å². The van der Waals surface area contributed by atoms with Gasteiger partial charge in [-0.3, -0.25) is 0 Å². The van der Waals surface area contributed by atoms with Gasteiger partial charge in [0.25, 0.3) is 0 Å². The minimum atomic E-state index is -0.986. The Morgan fingerprint density at radius 2 is 2.12 bits per heavy atom. The Labute approximate surface area is 103 Å². The Balaban J connectivity index is 3.22. The highest BCUT2D eigenvalue weighted by Gasteiger charge is 2.20. The van der Waals surface area contributed by atoms with Crippen molar-refractivity contribution in [3.8, 4) is 0 Å². The van der Waals surface area contributed by atoms with Gasteiger partial charge >= 0.3 is 5.97 Å². The molecule has 0 unspecified atom stereocenters. The molecule has 0 amide bonds. The van der Waals surface area contributed by atoms with Crippen LogP contribution in [0.2, 0.25) is 5.02 Å². The molecule has 0 atom stereocenters. The van der Waals surface area contributed by atoms with Gasteiger partial charge in [-0.25, -0.2) is 4.79 Å². The van der Waals surface area contributed by atoms with Crippen LogP contribution in [-0.4, -0.2) is 17.7 Å². The molecule has 0 fully saturated rings. The van der Waals surface area contributed by atoms with Crippen LogP contribution in [-0.2, 0) is 9.53 Å². The number of ether oxygens (including phenoxy) is 1. The lowest BCUT2D eigenvalue weighted by molar-refractivity contribution is -0.138. The molecule has 0 saturated heterocycles. The Hall–Kier alpha value is -1.88. The van der Waals surface area contributed by atoms with Gasteiger partial charge in [-0.05, 0) is 24.2 Å². The first-order chi connectivity index (χ1) is 8.11. The van der Waals surface area contributed by atoms with Crippen LogP contribution in [0.25, 0.3) is 5.76 Å². The van der Waals surface area contributed by atoms with E-state index < -0.39 is 17.4 Å². The van der Waals surface area contributed by atoms with E-state index >= 15 is 0 Å². The van der Waals surface area contributed by atoms with E-state index in [0.29, 0.717) is 0 Å². The fourth-order valence-corrected chi connectivity index (χ4v) is 1.38. The first kappa shape index (κ1) is 13.2. The number of hydrogen-bond donors (Lipinski definition) is 1. The molecule has 0 bridgehead atoms. The molecule has 0 heterocycles. The highest BCUT2D eigenvalue weighted by Crippen LogP contribution is 2.25. The maximum absolute atomic E-state index is 11.3. The number of rotatable bonds is 4. The predicted octanol–water partition coefficient (Wildman–Crippen LogP) is 2.90. The molecular formula is C11H10ClNO4. The van der Waals surface area contributed by atoms with Gasteiger partial charge in [0.15, 0.2) is 5.76 Å². The van der Waals surface area contributed by atoms with Gasteiger partial charge in [-0.1, -0.05) is 23.7 Å². The highest BCUT2D eigenvalue weighted by atomic mass is 35.5. The van der Waals surface area contributed by atoms with Crippen LogP contribution in [0.15, 0.2) is 35.1 Å². The lowest BCUT2D eigenvalue weighted by Gasteiger charge is -2.05. The summed E-state index contributed by atoms with van der Waals surface area (Å²) >= 11 is 5.81. The van der Waals surface area contributed by atoms with Crippen molar-refractivity contribution in [2.45, 2.75) is 6.92 Å². The average Bonchev–Trinajstić information content (AvgIpc) is 2.30. The van der Waals surface area contributed by atoms with Crippen molar-refractivity contribution in [1.29, 1.82) is 0 Å². The van der Waals surface area contributed by atoms with Crippen molar-refractivity contribution >= 4 is 23.3 Å². The van der Waals surface area contributed by atoms with Gasteiger partial charge in [0.1, 0.15) is 0 Å². The number of halogens is 1. The highest BCUT2D eigenvalue weighted by molar-refractivity contribution is 6.32. The number of carbonyl (C=O) groups is 1. The fraction of sp³-hybridized carbons (Fsp3) is 0.182. The second-order valence-corrected chi connectivity index (χ2v) is 3.40. The van der Waals surface area contributed by atoms with Crippen LogP contribution < -0.4 is 0 Å². The summed E-state index contributed by atoms with van der Waals surface area (Å²) in [4.78, 5) is 21.9. The van der Waals surface area contributed by atoms with Crippen LogP contribution >= 0.6 is 11.6 Å². The normalized spacial score (nSPS) is 11.6. The lowest BCUT2D eigenvalue weighted by Crippen LogP contribution is -2.08. The maximum Gasteiger partial charge on any atom is 0.364 e. The van der Waals surface area contributed by atoms with E-state index in [0.717, 1.165) is 0 Å². The van der Waals surface area contributed by atoms with Gasteiger partial charge in [0, 0.05) is 5.56 Å². The minimum absolute atomic E-state index is 0.0770. The molecule has 1 rings (SSSR count). The number of aliphatic hydroxyl groups is 1. The zero-order valence-corrected chi connectivity index (χ0v) is 9.77. The molecular weight excluding hydrogens is 246 g/mol. The van der Waals surface area contributed by atoms with E-state index in [9.17, 15) is 14.8 Å². The van der Waals surface area contributed by atoms with Crippen LogP contribution in [0.5, 0.6) is 0 Å². The number of carbonyl (C=O) groups excluding carboxylic acids is 1. The van der Waals surface area contributed by atoms with Crippen molar-refractivity contribution in [3.05, 3.63) is 45.5 Å². The van der Waals surface area contributed by atoms with Gasteiger partial charge < -0.3 is 9.84 Å². The van der Waals surface area contributed by atoms with Crippen LogP contribution in [0.1, 0.15) is 12.5 Å². The lowest BCUT2D eigenvalue weighted by atomic mass is 10.1. The summed E-state index contributed by atoms with van der Waals surface area (Å²) in [5, 5.41) is 12.4. The molecule has 1 N–H and O–H groups in total. The molecule has 90 valence electrons. The standard InChI is InChI=1S/C11H10ClNO4/c1-2-17-11(15)9(13-16)10(14)7-5-3-4-6-8(7)12/h3-6,14H,2H2,1H3/b10-9+. The van der Waals surface area contributed by atoms with Gasteiger partial charge in [0.2, 0.25) is 5.70 Å². The van der Waals surface area contributed by atoms with Crippen molar-refractivity contribution < 1.29 is 14.6 Å². The third-order valence-corrected chi connectivity index (χ3v) is 2.24. The van der Waals surface area contributed by atoms with Crippen molar-refractivity contribution in [3.63, 3.8) is 0 Å². The SMILES string of the molecule is CCOC(=O)/C(N=O)=C(\O)c1ccccc1Cl. The molecule has 0 aliphatic carbocycles. The van der Waals surface area contributed by atoms with E-state index in [1.54, 1.807) is 19.1 Å². The molecule has 0 aliphatic rings. The van der Waals surface area contributed by atoms with Crippen LogP contribution in [0.4, 0.5) is 0 Å². The Kier molecular flexibility index (Phi) is 4.66. The molecule has 0 radical (unpaired) electrons. The Morgan fingerprint density at radius 1 is 1.47 bits per heavy atom. The molecule has 0 aromatic heterocycles. The summed E-state index contributed by atoms with van der Waals surface area (Å²) in [7, 11) is 0. The molecule has 1 aromatic carbocycles. The molecule has 0 saturated carbocycles. The summed E-state index contributed by atoms with van der Waals surface area (Å²) in [6.45, 7) is 1.65. The zero-order valence-electron chi connectivity index (χ0n) is 9.01. The molecule has 0 spiro atoms. The summed E-state index contributed by atoms with van der Waals surface area (Å²) < 4.78 is 4.58.